The summed E-state index contributed by atoms with van der Waals surface area (Å²) in [6, 6.07) is 13.3. The number of fused-ring (bicyclic) bond motifs is 1. The summed E-state index contributed by atoms with van der Waals surface area (Å²) in [6.45, 7) is 0. The highest BCUT2D eigenvalue weighted by Crippen LogP contribution is 2.24. The van der Waals surface area contributed by atoms with Gasteiger partial charge < -0.3 is 5.11 Å². The Kier molecular flexibility index (Phi) is 3.27. The molecule has 2 heterocycles. The van der Waals surface area contributed by atoms with Crippen LogP contribution in [0.3, 0.4) is 0 Å². The summed E-state index contributed by atoms with van der Waals surface area (Å²) in [5.41, 5.74) is 2.36. The molecule has 19 heavy (non-hydrogen) atoms. The van der Waals surface area contributed by atoms with Crippen LogP contribution in [0.25, 0.3) is 10.9 Å². The Labute approximate surface area is 119 Å². The first-order valence-corrected chi connectivity index (χ1v) is 6.67. The second kappa shape index (κ2) is 5.07. The highest BCUT2D eigenvalue weighted by Gasteiger charge is 2.12. The predicted molar refractivity (Wildman–Crippen MR) is 77.7 cm³/mol. The van der Waals surface area contributed by atoms with Gasteiger partial charge in [-0.25, -0.2) is 0 Å². The molecule has 0 aliphatic heterocycles. The minimum Gasteiger partial charge on any atom is -0.382 e. The third-order valence-corrected chi connectivity index (χ3v) is 3.44. The van der Waals surface area contributed by atoms with Gasteiger partial charge in [-0.1, -0.05) is 12.1 Å². The zero-order chi connectivity index (χ0) is 13.2. The fraction of sp³-hybridized carbons (Fsp3) is 0.0667. The molecule has 0 spiro atoms. The van der Waals surface area contributed by atoms with E-state index in [4.69, 9.17) is 0 Å². The summed E-state index contributed by atoms with van der Waals surface area (Å²) in [6.07, 6.45) is 2.72. The van der Waals surface area contributed by atoms with E-state index in [0.29, 0.717) is 5.69 Å². The summed E-state index contributed by atoms with van der Waals surface area (Å²) in [7, 11) is 0. The Hall–Kier alpha value is -1.78. The molecule has 3 nitrogen and oxygen atoms in total. The number of benzene rings is 1. The van der Waals surface area contributed by atoms with Gasteiger partial charge >= 0.3 is 0 Å². The number of halogens is 1. The monoisotopic (exact) mass is 314 g/mol. The summed E-state index contributed by atoms with van der Waals surface area (Å²) < 4.78 is 0.895. The van der Waals surface area contributed by atoms with Crippen LogP contribution in [-0.4, -0.2) is 15.1 Å². The van der Waals surface area contributed by atoms with Gasteiger partial charge in [-0.15, -0.1) is 0 Å². The number of pyridine rings is 2. The van der Waals surface area contributed by atoms with Crippen LogP contribution in [0.1, 0.15) is 17.4 Å². The van der Waals surface area contributed by atoms with Crippen molar-refractivity contribution in [3.05, 3.63) is 70.6 Å². The van der Waals surface area contributed by atoms with E-state index in [-0.39, 0.29) is 0 Å². The standard InChI is InChI=1S/C15H11BrN2O/c16-12-4-6-14(18-9-12)15(19)11-3-5-13-10(8-11)2-1-7-17-13/h1-9,15,19H. The molecule has 1 atom stereocenters. The van der Waals surface area contributed by atoms with Gasteiger partial charge in [0.2, 0.25) is 0 Å². The lowest BCUT2D eigenvalue weighted by Crippen LogP contribution is -2.02. The normalized spacial score (nSPS) is 12.5. The second-order valence-electron chi connectivity index (χ2n) is 4.26. The predicted octanol–water partition coefficient (Wildman–Crippen LogP) is 3.47. The maximum absolute atomic E-state index is 10.3. The van der Waals surface area contributed by atoms with E-state index in [1.54, 1.807) is 12.4 Å². The van der Waals surface area contributed by atoms with Crippen LogP contribution < -0.4 is 0 Å². The number of aliphatic hydroxyl groups excluding tert-OH is 1. The molecule has 1 aromatic carbocycles. The van der Waals surface area contributed by atoms with Gasteiger partial charge in [0.05, 0.1) is 11.2 Å². The van der Waals surface area contributed by atoms with Crippen molar-refractivity contribution in [2.75, 3.05) is 0 Å². The SMILES string of the molecule is OC(c1ccc2ncccc2c1)c1ccc(Br)cn1. The van der Waals surface area contributed by atoms with Gasteiger partial charge in [0.1, 0.15) is 6.10 Å². The molecule has 3 aromatic rings. The average molecular weight is 315 g/mol. The fourth-order valence-corrected chi connectivity index (χ4v) is 2.22. The third kappa shape index (κ3) is 2.50. The van der Waals surface area contributed by atoms with Gasteiger partial charge in [-0.3, -0.25) is 9.97 Å². The van der Waals surface area contributed by atoms with E-state index in [1.807, 2.05) is 42.5 Å². The summed E-state index contributed by atoms with van der Waals surface area (Å²) in [5, 5.41) is 11.4. The lowest BCUT2D eigenvalue weighted by atomic mass is 10.0. The topological polar surface area (TPSA) is 46.0 Å². The van der Waals surface area contributed by atoms with Gasteiger partial charge in [0, 0.05) is 22.3 Å². The van der Waals surface area contributed by atoms with Crippen LogP contribution in [-0.2, 0) is 0 Å². The lowest BCUT2D eigenvalue weighted by molar-refractivity contribution is 0.215. The van der Waals surface area contributed by atoms with Gasteiger partial charge in [-0.05, 0) is 51.8 Å². The van der Waals surface area contributed by atoms with Crippen LogP contribution in [0, 0.1) is 0 Å². The lowest BCUT2D eigenvalue weighted by Gasteiger charge is -2.11. The molecule has 0 radical (unpaired) electrons. The molecular weight excluding hydrogens is 304 g/mol. The molecule has 4 heteroatoms. The second-order valence-corrected chi connectivity index (χ2v) is 5.18. The smallest absolute Gasteiger partial charge is 0.121 e. The van der Waals surface area contributed by atoms with Crippen molar-refractivity contribution in [3.63, 3.8) is 0 Å². The zero-order valence-electron chi connectivity index (χ0n) is 9.99. The van der Waals surface area contributed by atoms with Gasteiger partial charge in [0.25, 0.3) is 0 Å². The van der Waals surface area contributed by atoms with Gasteiger partial charge in [-0.2, -0.15) is 0 Å². The summed E-state index contributed by atoms with van der Waals surface area (Å²) in [4.78, 5) is 8.48. The number of hydrogen-bond acceptors (Lipinski definition) is 3. The first-order valence-electron chi connectivity index (χ1n) is 5.88. The van der Waals surface area contributed by atoms with Crippen molar-refractivity contribution in [2.45, 2.75) is 6.10 Å². The number of nitrogens with zero attached hydrogens (tertiary/aromatic N) is 2. The number of aliphatic hydroxyl groups is 1. The quantitative estimate of drug-likeness (QED) is 0.787. The first-order chi connectivity index (χ1) is 9.24. The van der Waals surface area contributed by atoms with Crippen molar-refractivity contribution >= 4 is 26.8 Å². The number of rotatable bonds is 2. The van der Waals surface area contributed by atoms with Crippen molar-refractivity contribution in [3.8, 4) is 0 Å². The van der Waals surface area contributed by atoms with E-state index in [2.05, 4.69) is 25.9 Å². The van der Waals surface area contributed by atoms with Gasteiger partial charge in [0.15, 0.2) is 0 Å². The van der Waals surface area contributed by atoms with E-state index < -0.39 is 6.10 Å². The molecule has 3 rings (SSSR count). The third-order valence-electron chi connectivity index (χ3n) is 2.97. The van der Waals surface area contributed by atoms with Crippen molar-refractivity contribution in [2.24, 2.45) is 0 Å². The van der Waals surface area contributed by atoms with Crippen LogP contribution in [0.15, 0.2) is 59.3 Å². The maximum Gasteiger partial charge on any atom is 0.121 e. The minimum absolute atomic E-state index is 0.631. The molecule has 1 unspecified atom stereocenters. The molecule has 0 aliphatic rings. The van der Waals surface area contributed by atoms with E-state index >= 15 is 0 Å². The molecule has 0 fully saturated rings. The van der Waals surface area contributed by atoms with Crippen molar-refractivity contribution in [1.82, 2.24) is 9.97 Å². The number of aromatic nitrogens is 2. The Morgan fingerprint density at radius 1 is 1.05 bits per heavy atom. The van der Waals surface area contributed by atoms with Crippen LogP contribution in [0.5, 0.6) is 0 Å². The molecule has 0 aliphatic carbocycles. The Morgan fingerprint density at radius 3 is 2.74 bits per heavy atom. The Balaban J connectivity index is 2.01. The van der Waals surface area contributed by atoms with Crippen LogP contribution >= 0.6 is 15.9 Å². The molecule has 2 aromatic heterocycles. The fourth-order valence-electron chi connectivity index (χ4n) is 1.98. The van der Waals surface area contributed by atoms with E-state index in [0.717, 1.165) is 20.9 Å². The molecule has 0 bridgehead atoms. The van der Waals surface area contributed by atoms with Crippen molar-refractivity contribution in [1.29, 1.82) is 0 Å². The van der Waals surface area contributed by atoms with E-state index in [9.17, 15) is 5.11 Å². The largest absolute Gasteiger partial charge is 0.382 e. The van der Waals surface area contributed by atoms with Crippen LogP contribution in [0.2, 0.25) is 0 Å². The average Bonchev–Trinajstić information content (AvgIpc) is 2.47. The molecule has 1 N–H and O–H groups in total. The zero-order valence-corrected chi connectivity index (χ0v) is 11.6. The first kappa shape index (κ1) is 12.3. The van der Waals surface area contributed by atoms with Crippen molar-refractivity contribution < 1.29 is 5.11 Å². The molecule has 0 amide bonds. The molecule has 0 saturated carbocycles. The molecule has 94 valence electrons. The highest BCUT2D eigenvalue weighted by molar-refractivity contribution is 9.10. The summed E-state index contributed by atoms with van der Waals surface area (Å²) >= 11 is 3.33. The number of hydrogen-bond donors (Lipinski definition) is 1. The van der Waals surface area contributed by atoms with Crippen LogP contribution in [0.4, 0.5) is 0 Å². The van der Waals surface area contributed by atoms with E-state index in [1.165, 1.54) is 0 Å². The minimum atomic E-state index is -0.724. The Bertz CT molecular complexity index is 713. The Morgan fingerprint density at radius 2 is 1.95 bits per heavy atom. The molecule has 0 saturated heterocycles. The highest BCUT2D eigenvalue weighted by atomic mass is 79.9. The maximum atomic E-state index is 10.3. The molecular formula is C15H11BrN2O. The summed E-state index contributed by atoms with van der Waals surface area (Å²) in [5.74, 6) is 0.